The van der Waals surface area contributed by atoms with Gasteiger partial charge in [-0.1, -0.05) is 25.3 Å². The molecular formula is C17H21NO3. The molecule has 1 saturated carbocycles. The maximum Gasteiger partial charge on any atom is 0.230 e. The molecule has 4 nitrogen and oxygen atoms in total. The number of hydrogen-bond acceptors (Lipinski definition) is 3. The van der Waals surface area contributed by atoms with Crippen molar-refractivity contribution in [1.29, 1.82) is 0 Å². The first kappa shape index (κ1) is 14.1. The quantitative estimate of drug-likeness (QED) is 0.839. The number of anilines is 1. The van der Waals surface area contributed by atoms with Gasteiger partial charge in [0.1, 0.15) is 5.75 Å². The number of carbonyl (C=O) groups excluding carboxylic acids is 2. The minimum absolute atomic E-state index is 0.0941. The number of para-hydroxylation sites is 1. The molecule has 0 spiro atoms. The monoisotopic (exact) mass is 287 g/mol. The summed E-state index contributed by atoms with van der Waals surface area (Å²) < 4.78 is 5.38. The van der Waals surface area contributed by atoms with Crippen molar-refractivity contribution in [2.24, 2.45) is 5.92 Å². The molecule has 112 valence electrons. The zero-order chi connectivity index (χ0) is 14.8. The second-order valence-electron chi connectivity index (χ2n) is 5.85. The van der Waals surface area contributed by atoms with Crippen LogP contribution in [0.15, 0.2) is 18.2 Å². The number of benzene rings is 1. The van der Waals surface area contributed by atoms with E-state index in [-0.39, 0.29) is 17.6 Å². The Bertz CT molecular complexity index is 561. The topological polar surface area (TPSA) is 46.6 Å². The highest BCUT2D eigenvalue weighted by atomic mass is 16.5. The van der Waals surface area contributed by atoms with Crippen molar-refractivity contribution >= 4 is 17.4 Å². The van der Waals surface area contributed by atoms with Crippen LogP contribution in [0.3, 0.4) is 0 Å². The summed E-state index contributed by atoms with van der Waals surface area (Å²) in [5.41, 5.74) is 1.29. The summed E-state index contributed by atoms with van der Waals surface area (Å²) in [7, 11) is 1.58. The predicted molar refractivity (Wildman–Crippen MR) is 80.9 cm³/mol. The lowest BCUT2D eigenvalue weighted by Gasteiger charge is -2.33. The molecule has 0 aromatic heterocycles. The second kappa shape index (κ2) is 5.88. The van der Waals surface area contributed by atoms with Crippen LogP contribution in [0.25, 0.3) is 0 Å². The van der Waals surface area contributed by atoms with Crippen LogP contribution in [0.5, 0.6) is 5.75 Å². The maximum absolute atomic E-state index is 12.8. The predicted octanol–water partition coefficient (Wildman–Crippen LogP) is 3.19. The van der Waals surface area contributed by atoms with Gasteiger partial charge in [-0.3, -0.25) is 9.59 Å². The third-order valence-electron chi connectivity index (χ3n) is 4.57. The Kier molecular flexibility index (Phi) is 3.95. The Labute approximate surface area is 125 Å². The Morgan fingerprint density at radius 2 is 2.00 bits per heavy atom. The van der Waals surface area contributed by atoms with Crippen LogP contribution in [-0.4, -0.2) is 25.3 Å². The van der Waals surface area contributed by atoms with Crippen LogP contribution in [0, 0.1) is 5.92 Å². The lowest BCUT2D eigenvalue weighted by Crippen LogP contribution is -2.41. The third-order valence-corrected chi connectivity index (χ3v) is 4.57. The van der Waals surface area contributed by atoms with E-state index in [2.05, 4.69) is 0 Å². The Hall–Kier alpha value is -1.84. The van der Waals surface area contributed by atoms with Crippen molar-refractivity contribution in [2.75, 3.05) is 18.6 Å². The van der Waals surface area contributed by atoms with Crippen molar-refractivity contribution in [3.63, 3.8) is 0 Å². The number of methoxy groups -OCH3 is 1. The lowest BCUT2D eigenvalue weighted by molar-refractivity contribution is -0.123. The van der Waals surface area contributed by atoms with Crippen LogP contribution in [0.4, 0.5) is 5.69 Å². The van der Waals surface area contributed by atoms with Gasteiger partial charge in [0.15, 0.2) is 5.78 Å². The minimum atomic E-state index is 0.0941. The van der Waals surface area contributed by atoms with Gasteiger partial charge < -0.3 is 9.64 Å². The van der Waals surface area contributed by atoms with Gasteiger partial charge in [-0.05, 0) is 25.0 Å². The van der Waals surface area contributed by atoms with Crippen LogP contribution in [0.2, 0.25) is 0 Å². The highest BCUT2D eigenvalue weighted by Gasteiger charge is 2.34. The van der Waals surface area contributed by atoms with Crippen molar-refractivity contribution in [3.05, 3.63) is 23.8 Å². The van der Waals surface area contributed by atoms with Crippen LogP contribution < -0.4 is 9.64 Å². The first-order valence-corrected chi connectivity index (χ1v) is 7.74. The molecule has 1 fully saturated rings. The zero-order valence-electron chi connectivity index (χ0n) is 12.4. The summed E-state index contributed by atoms with van der Waals surface area (Å²) in [4.78, 5) is 26.7. The first-order chi connectivity index (χ1) is 10.2. The summed E-state index contributed by atoms with van der Waals surface area (Å²) in [6, 6.07) is 5.42. The third kappa shape index (κ3) is 2.55. The van der Waals surface area contributed by atoms with Gasteiger partial charge >= 0.3 is 0 Å². The molecular weight excluding hydrogens is 266 g/mol. The minimum Gasteiger partial charge on any atom is -0.495 e. The second-order valence-corrected chi connectivity index (χ2v) is 5.85. The number of fused-ring (bicyclic) bond motifs is 1. The van der Waals surface area contributed by atoms with E-state index in [9.17, 15) is 9.59 Å². The highest BCUT2D eigenvalue weighted by Crippen LogP contribution is 2.38. The molecule has 1 heterocycles. The normalized spacial score (nSPS) is 19.3. The van der Waals surface area contributed by atoms with E-state index in [1.807, 2.05) is 12.1 Å². The SMILES string of the molecule is COc1cccc2c1N(C(=O)C1CCCCC1)CCC2=O. The van der Waals surface area contributed by atoms with E-state index in [4.69, 9.17) is 4.74 Å². The number of ketones is 1. The lowest BCUT2D eigenvalue weighted by atomic mass is 9.87. The first-order valence-electron chi connectivity index (χ1n) is 7.74. The van der Waals surface area contributed by atoms with E-state index < -0.39 is 0 Å². The van der Waals surface area contributed by atoms with Gasteiger partial charge in [-0.25, -0.2) is 0 Å². The fourth-order valence-corrected chi connectivity index (χ4v) is 3.44. The molecule has 0 unspecified atom stereocenters. The van der Waals surface area contributed by atoms with E-state index in [1.165, 1.54) is 6.42 Å². The molecule has 0 atom stereocenters. The summed E-state index contributed by atoms with van der Waals surface area (Å²) >= 11 is 0. The standard InChI is InChI=1S/C17H21NO3/c1-21-15-9-5-8-13-14(19)10-11-18(16(13)15)17(20)12-6-3-2-4-7-12/h5,8-9,12H,2-4,6-7,10-11H2,1H3. The van der Waals surface area contributed by atoms with E-state index >= 15 is 0 Å². The number of ether oxygens (including phenoxy) is 1. The number of rotatable bonds is 2. The fraction of sp³-hybridized carbons (Fsp3) is 0.529. The Morgan fingerprint density at radius 1 is 1.24 bits per heavy atom. The largest absolute Gasteiger partial charge is 0.495 e. The smallest absolute Gasteiger partial charge is 0.230 e. The van der Waals surface area contributed by atoms with Gasteiger partial charge in [-0.15, -0.1) is 0 Å². The number of Topliss-reactive ketones (excluding diaryl/α,β-unsaturated/α-hetero) is 1. The molecule has 3 rings (SSSR count). The molecule has 0 N–H and O–H groups in total. The Morgan fingerprint density at radius 3 is 2.71 bits per heavy atom. The molecule has 1 aliphatic carbocycles. The average Bonchev–Trinajstić information content (AvgIpc) is 2.55. The molecule has 4 heteroatoms. The van der Waals surface area contributed by atoms with Crippen LogP contribution in [0.1, 0.15) is 48.9 Å². The number of hydrogen-bond donors (Lipinski definition) is 0. The van der Waals surface area contributed by atoms with Crippen LogP contribution >= 0.6 is 0 Å². The maximum atomic E-state index is 12.8. The van der Waals surface area contributed by atoms with Crippen molar-refractivity contribution in [3.8, 4) is 5.75 Å². The van der Waals surface area contributed by atoms with Gasteiger partial charge in [0.2, 0.25) is 5.91 Å². The van der Waals surface area contributed by atoms with E-state index in [0.717, 1.165) is 25.7 Å². The highest BCUT2D eigenvalue weighted by molar-refractivity contribution is 6.10. The molecule has 2 aliphatic rings. The fourth-order valence-electron chi connectivity index (χ4n) is 3.44. The van der Waals surface area contributed by atoms with E-state index in [0.29, 0.717) is 30.0 Å². The average molecular weight is 287 g/mol. The molecule has 1 amide bonds. The summed E-state index contributed by atoms with van der Waals surface area (Å²) in [5.74, 6) is 0.971. The molecule has 1 aromatic rings. The summed E-state index contributed by atoms with van der Waals surface area (Å²) in [6.07, 6.45) is 5.81. The zero-order valence-corrected chi connectivity index (χ0v) is 12.4. The molecule has 0 saturated heterocycles. The van der Waals surface area contributed by atoms with Gasteiger partial charge in [0.05, 0.1) is 12.8 Å². The van der Waals surface area contributed by atoms with Crippen molar-refractivity contribution in [2.45, 2.75) is 38.5 Å². The van der Waals surface area contributed by atoms with Crippen LogP contribution in [-0.2, 0) is 4.79 Å². The van der Waals surface area contributed by atoms with Gasteiger partial charge in [-0.2, -0.15) is 0 Å². The Balaban J connectivity index is 1.96. The molecule has 21 heavy (non-hydrogen) atoms. The van der Waals surface area contributed by atoms with Gasteiger partial charge in [0, 0.05) is 24.4 Å². The van der Waals surface area contributed by atoms with Crippen molar-refractivity contribution < 1.29 is 14.3 Å². The molecule has 1 aromatic carbocycles. The van der Waals surface area contributed by atoms with E-state index in [1.54, 1.807) is 18.1 Å². The van der Waals surface area contributed by atoms with Gasteiger partial charge in [0.25, 0.3) is 0 Å². The molecule has 1 aliphatic heterocycles. The molecule has 0 radical (unpaired) electrons. The number of carbonyl (C=O) groups is 2. The number of nitrogens with zero attached hydrogens (tertiary/aromatic N) is 1. The number of amides is 1. The van der Waals surface area contributed by atoms with Crippen molar-refractivity contribution in [1.82, 2.24) is 0 Å². The summed E-state index contributed by atoms with van der Waals surface area (Å²) in [5, 5.41) is 0. The molecule has 0 bridgehead atoms. The summed E-state index contributed by atoms with van der Waals surface area (Å²) in [6.45, 7) is 0.474.